The average molecular weight is 233 g/mol. The zero-order valence-corrected chi connectivity index (χ0v) is 9.98. The van der Waals surface area contributed by atoms with Crippen molar-refractivity contribution >= 4 is 0 Å². The van der Waals surface area contributed by atoms with Crippen LogP contribution in [0.25, 0.3) is 0 Å². The van der Waals surface area contributed by atoms with Crippen LogP contribution in [0.4, 0.5) is 0 Å². The zero-order chi connectivity index (χ0) is 11.7. The molecular weight excluding hydrogens is 214 g/mol. The molecule has 1 aromatic carbocycles. The third kappa shape index (κ3) is 2.05. The van der Waals surface area contributed by atoms with E-state index >= 15 is 0 Å². The van der Waals surface area contributed by atoms with Gasteiger partial charge in [-0.15, -0.1) is 0 Å². The maximum Gasteiger partial charge on any atom is 0.128 e. The molecule has 2 aliphatic heterocycles. The lowest BCUT2D eigenvalue weighted by Crippen LogP contribution is -2.38. The summed E-state index contributed by atoms with van der Waals surface area (Å²) < 4.78 is 5.65. The van der Waals surface area contributed by atoms with E-state index < -0.39 is 6.10 Å². The van der Waals surface area contributed by atoms with Gasteiger partial charge in [0.15, 0.2) is 0 Å². The number of benzene rings is 1. The molecule has 1 saturated heterocycles. The molecule has 1 fully saturated rings. The molecule has 3 nitrogen and oxygen atoms in total. The quantitative estimate of drug-likeness (QED) is 0.818. The molecule has 0 radical (unpaired) electrons. The van der Waals surface area contributed by atoms with Crippen LogP contribution in [0.1, 0.15) is 36.5 Å². The summed E-state index contributed by atoms with van der Waals surface area (Å²) in [6.45, 7) is 1.76. The Balaban J connectivity index is 1.85. The predicted octanol–water partition coefficient (Wildman–Crippen LogP) is 1.80. The van der Waals surface area contributed by atoms with Crippen LogP contribution in [-0.2, 0) is 6.42 Å². The molecule has 1 aromatic rings. The van der Waals surface area contributed by atoms with Crippen molar-refractivity contribution in [3.05, 3.63) is 29.3 Å². The van der Waals surface area contributed by atoms with Gasteiger partial charge in [-0.3, -0.25) is 0 Å². The van der Waals surface area contributed by atoms with Crippen LogP contribution in [0, 0.1) is 0 Å². The fraction of sp³-hybridized carbons (Fsp3) is 0.571. The summed E-state index contributed by atoms with van der Waals surface area (Å²) in [7, 11) is 0. The highest BCUT2D eigenvalue weighted by Gasteiger charge is 2.27. The monoisotopic (exact) mass is 233 g/mol. The summed E-state index contributed by atoms with van der Waals surface area (Å²) in [6, 6.07) is 6.28. The van der Waals surface area contributed by atoms with E-state index in [1.807, 2.05) is 12.1 Å². The van der Waals surface area contributed by atoms with E-state index in [0.717, 1.165) is 37.3 Å². The molecule has 0 aliphatic carbocycles. The number of fused-ring (bicyclic) bond motifs is 1. The SMILES string of the molecule is OC(c1cccc2c1OCC2)C1CCCCN1. The van der Waals surface area contributed by atoms with Gasteiger partial charge < -0.3 is 15.2 Å². The summed E-state index contributed by atoms with van der Waals surface area (Å²) >= 11 is 0. The fourth-order valence-corrected chi connectivity index (χ4v) is 2.84. The van der Waals surface area contributed by atoms with Crippen LogP contribution in [-0.4, -0.2) is 24.3 Å². The van der Waals surface area contributed by atoms with Crippen molar-refractivity contribution in [2.75, 3.05) is 13.2 Å². The molecule has 2 N–H and O–H groups in total. The van der Waals surface area contributed by atoms with Gasteiger partial charge in [-0.25, -0.2) is 0 Å². The minimum absolute atomic E-state index is 0.180. The molecule has 3 rings (SSSR count). The summed E-state index contributed by atoms with van der Waals surface area (Å²) in [4.78, 5) is 0. The second-order valence-electron chi connectivity index (χ2n) is 4.94. The van der Waals surface area contributed by atoms with Crippen molar-refractivity contribution < 1.29 is 9.84 Å². The topological polar surface area (TPSA) is 41.5 Å². The molecule has 0 amide bonds. The third-order valence-corrected chi connectivity index (χ3v) is 3.79. The minimum Gasteiger partial charge on any atom is -0.493 e. The van der Waals surface area contributed by atoms with Crippen LogP contribution in [0.15, 0.2) is 18.2 Å². The Kier molecular flexibility index (Phi) is 3.04. The van der Waals surface area contributed by atoms with Crippen LogP contribution in [0.3, 0.4) is 0 Å². The second-order valence-corrected chi connectivity index (χ2v) is 4.94. The smallest absolute Gasteiger partial charge is 0.128 e. The van der Waals surface area contributed by atoms with Gasteiger partial charge in [-0.1, -0.05) is 24.6 Å². The Hall–Kier alpha value is -1.06. The summed E-state index contributed by atoms with van der Waals surface area (Å²) in [5.74, 6) is 0.923. The van der Waals surface area contributed by atoms with E-state index in [1.165, 1.54) is 18.4 Å². The van der Waals surface area contributed by atoms with Crippen molar-refractivity contribution in [1.29, 1.82) is 0 Å². The van der Waals surface area contributed by atoms with Gasteiger partial charge >= 0.3 is 0 Å². The number of nitrogens with one attached hydrogen (secondary N) is 1. The van der Waals surface area contributed by atoms with Crippen molar-refractivity contribution in [3.63, 3.8) is 0 Å². The number of ether oxygens (including phenoxy) is 1. The minimum atomic E-state index is -0.441. The number of hydrogen-bond acceptors (Lipinski definition) is 3. The molecule has 17 heavy (non-hydrogen) atoms. The highest BCUT2D eigenvalue weighted by atomic mass is 16.5. The lowest BCUT2D eigenvalue weighted by Gasteiger charge is -2.29. The summed E-state index contributed by atoms with van der Waals surface area (Å²) in [5, 5.41) is 13.9. The van der Waals surface area contributed by atoms with Gasteiger partial charge in [-0.05, 0) is 24.9 Å². The Labute approximate surface area is 102 Å². The van der Waals surface area contributed by atoms with E-state index in [4.69, 9.17) is 4.74 Å². The Morgan fingerprint density at radius 1 is 1.35 bits per heavy atom. The number of rotatable bonds is 2. The number of piperidine rings is 1. The lowest BCUT2D eigenvalue weighted by atomic mass is 9.93. The van der Waals surface area contributed by atoms with Crippen LogP contribution in [0.2, 0.25) is 0 Å². The Bertz CT molecular complexity index is 399. The Morgan fingerprint density at radius 3 is 3.12 bits per heavy atom. The van der Waals surface area contributed by atoms with Gasteiger partial charge in [-0.2, -0.15) is 0 Å². The van der Waals surface area contributed by atoms with Gasteiger partial charge in [0.25, 0.3) is 0 Å². The normalized spacial score (nSPS) is 25.1. The molecule has 2 aliphatic rings. The van der Waals surface area contributed by atoms with E-state index in [-0.39, 0.29) is 6.04 Å². The van der Waals surface area contributed by atoms with Crippen molar-refractivity contribution in [2.24, 2.45) is 0 Å². The number of hydrogen-bond donors (Lipinski definition) is 2. The maximum absolute atomic E-state index is 10.5. The standard InChI is InChI=1S/C14H19NO2/c16-13(12-6-1-2-8-15-12)11-5-3-4-10-7-9-17-14(10)11/h3-5,12-13,15-16H,1-2,6-9H2. The molecular formula is C14H19NO2. The Morgan fingerprint density at radius 2 is 2.29 bits per heavy atom. The third-order valence-electron chi connectivity index (χ3n) is 3.79. The lowest BCUT2D eigenvalue weighted by molar-refractivity contribution is 0.111. The predicted molar refractivity (Wildman–Crippen MR) is 66.2 cm³/mol. The molecule has 2 atom stereocenters. The van der Waals surface area contributed by atoms with Crippen LogP contribution in [0.5, 0.6) is 5.75 Å². The molecule has 0 spiro atoms. The first-order valence-electron chi connectivity index (χ1n) is 6.52. The fourth-order valence-electron chi connectivity index (χ4n) is 2.84. The molecule has 2 heterocycles. The molecule has 0 saturated carbocycles. The first-order valence-corrected chi connectivity index (χ1v) is 6.52. The van der Waals surface area contributed by atoms with Crippen LogP contribution >= 0.6 is 0 Å². The van der Waals surface area contributed by atoms with Gasteiger partial charge in [0.2, 0.25) is 0 Å². The number of para-hydroxylation sites is 1. The van der Waals surface area contributed by atoms with Crippen molar-refractivity contribution in [1.82, 2.24) is 5.32 Å². The molecule has 3 heteroatoms. The van der Waals surface area contributed by atoms with Gasteiger partial charge in [0.1, 0.15) is 5.75 Å². The molecule has 92 valence electrons. The summed E-state index contributed by atoms with van der Waals surface area (Å²) in [6.07, 6.45) is 3.99. The first kappa shape index (κ1) is 11.1. The number of aliphatic hydroxyl groups excluding tert-OH is 1. The first-order chi connectivity index (χ1) is 8.36. The second kappa shape index (κ2) is 4.67. The van der Waals surface area contributed by atoms with Crippen LogP contribution < -0.4 is 10.1 Å². The van der Waals surface area contributed by atoms with E-state index in [1.54, 1.807) is 0 Å². The zero-order valence-electron chi connectivity index (χ0n) is 9.98. The maximum atomic E-state index is 10.5. The van der Waals surface area contributed by atoms with Gasteiger partial charge in [0.05, 0.1) is 12.7 Å². The molecule has 0 bridgehead atoms. The van der Waals surface area contributed by atoms with Gasteiger partial charge in [0, 0.05) is 18.0 Å². The highest BCUT2D eigenvalue weighted by Crippen LogP contribution is 2.35. The number of aliphatic hydroxyl groups is 1. The largest absolute Gasteiger partial charge is 0.493 e. The molecule has 2 unspecified atom stereocenters. The van der Waals surface area contributed by atoms with Crippen molar-refractivity contribution in [2.45, 2.75) is 37.8 Å². The van der Waals surface area contributed by atoms with Crippen molar-refractivity contribution in [3.8, 4) is 5.75 Å². The molecule has 0 aromatic heterocycles. The average Bonchev–Trinajstić information content (AvgIpc) is 2.87. The van der Waals surface area contributed by atoms with E-state index in [9.17, 15) is 5.11 Å². The summed E-state index contributed by atoms with van der Waals surface area (Å²) in [5.41, 5.74) is 2.19. The van der Waals surface area contributed by atoms with E-state index in [2.05, 4.69) is 11.4 Å². The highest BCUT2D eigenvalue weighted by molar-refractivity contribution is 5.45. The van der Waals surface area contributed by atoms with E-state index in [0.29, 0.717) is 0 Å².